The number of rotatable bonds is 1. The van der Waals surface area contributed by atoms with Gasteiger partial charge in [0.15, 0.2) is 0 Å². The molecule has 0 aliphatic carbocycles. The van der Waals surface area contributed by atoms with Crippen molar-refractivity contribution in [1.29, 1.82) is 0 Å². The minimum Gasteiger partial charge on any atom is -0.507 e. The number of phenolic OH excluding ortho intramolecular Hbond substituents is 1. The zero-order chi connectivity index (χ0) is 9.42. The highest BCUT2D eigenvalue weighted by Gasteiger charge is 2.09. The van der Waals surface area contributed by atoms with Crippen molar-refractivity contribution >= 4 is 10.9 Å². The molecule has 2 heteroatoms. The van der Waals surface area contributed by atoms with Crippen LogP contribution in [0.25, 0.3) is 10.9 Å². The number of H-pyrrole nitrogens is 1. The van der Waals surface area contributed by atoms with Crippen molar-refractivity contribution in [3.63, 3.8) is 0 Å². The van der Waals surface area contributed by atoms with Gasteiger partial charge in [-0.3, -0.25) is 0 Å². The van der Waals surface area contributed by atoms with Crippen LogP contribution in [0.4, 0.5) is 0 Å². The van der Waals surface area contributed by atoms with Crippen molar-refractivity contribution < 1.29 is 5.11 Å². The van der Waals surface area contributed by atoms with Crippen LogP contribution in [0.5, 0.6) is 5.75 Å². The van der Waals surface area contributed by atoms with E-state index in [-0.39, 0.29) is 0 Å². The zero-order valence-electron chi connectivity index (χ0n) is 7.83. The second kappa shape index (κ2) is 2.80. The summed E-state index contributed by atoms with van der Waals surface area (Å²) in [6, 6.07) is 5.87. The van der Waals surface area contributed by atoms with Crippen LogP contribution in [0.1, 0.15) is 25.3 Å². The Kier molecular flexibility index (Phi) is 1.76. The van der Waals surface area contributed by atoms with Crippen LogP contribution in [0.2, 0.25) is 0 Å². The maximum absolute atomic E-state index is 9.89. The monoisotopic (exact) mass is 175 g/mol. The zero-order valence-corrected chi connectivity index (χ0v) is 7.83. The van der Waals surface area contributed by atoms with Gasteiger partial charge >= 0.3 is 0 Å². The van der Waals surface area contributed by atoms with Gasteiger partial charge in [0.05, 0.1) is 0 Å². The summed E-state index contributed by atoms with van der Waals surface area (Å²) in [6.45, 7) is 4.15. The van der Waals surface area contributed by atoms with E-state index < -0.39 is 0 Å². The molecule has 0 saturated carbocycles. The third-order valence-electron chi connectivity index (χ3n) is 2.36. The van der Waals surface area contributed by atoms with Gasteiger partial charge in [-0.25, -0.2) is 0 Å². The Morgan fingerprint density at radius 2 is 2.00 bits per heavy atom. The SMILES string of the molecule is CC(C)c1ccc2[nH]ccc2c1O. The highest BCUT2D eigenvalue weighted by atomic mass is 16.3. The number of phenols is 1. The minimum atomic E-state index is 0.360. The molecule has 0 atom stereocenters. The first-order valence-corrected chi connectivity index (χ1v) is 4.49. The summed E-state index contributed by atoms with van der Waals surface area (Å²) >= 11 is 0. The van der Waals surface area contributed by atoms with E-state index in [1.54, 1.807) is 0 Å². The molecule has 1 heterocycles. The Bertz CT molecular complexity index is 429. The predicted octanol–water partition coefficient (Wildman–Crippen LogP) is 3.00. The number of aromatic nitrogens is 1. The molecule has 2 aromatic rings. The summed E-state index contributed by atoms with van der Waals surface area (Å²) in [7, 11) is 0. The molecule has 1 aromatic heterocycles. The maximum atomic E-state index is 9.89. The van der Waals surface area contributed by atoms with Crippen LogP contribution in [0.15, 0.2) is 24.4 Å². The molecular formula is C11H13NO. The third-order valence-corrected chi connectivity index (χ3v) is 2.36. The number of hydrogen-bond donors (Lipinski definition) is 2. The summed E-state index contributed by atoms with van der Waals surface area (Å²) in [6.07, 6.45) is 1.84. The quantitative estimate of drug-likeness (QED) is 0.686. The van der Waals surface area contributed by atoms with Crippen LogP contribution in [-0.4, -0.2) is 10.1 Å². The fourth-order valence-corrected chi connectivity index (χ4v) is 1.60. The second-order valence-electron chi connectivity index (χ2n) is 3.60. The Morgan fingerprint density at radius 1 is 1.23 bits per heavy atom. The maximum Gasteiger partial charge on any atom is 0.128 e. The minimum absolute atomic E-state index is 0.360. The Hall–Kier alpha value is -1.44. The van der Waals surface area contributed by atoms with Crippen molar-refractivity contribution in [3.8, 4) is 5.75 Å². The van der Waals surface area contributed by atoms with Gasteiger partial charge in [-0.1, -0.05) is 19.9 Å². The lowest BCUT2D eigenvalue weighted by molar-refractivity contribution is 0.471. The molecule has 0 saturated heterocycles. The van der Waals surface area contributed by atoms with Gasteiger partial charge < -0.3 is 10.1 Å². The topological polar surface area (TPSA) is 36.0 Å². The normalized spacial score (nSPS) is 11.3. The first kappa shape index (κ1) is 8.17. The molecule has 68 valence electrons. The highest BCUT2D eigenvalue weighted by Crippen LogP contribution is 2.32. The van der Waals surface area contributed by atoms with Gasteiger partial charge in [-0.05, 0) is 23.6 Å². The van der Waals surface area contributed by atoms with E-state index in [9.17, 15) is 5.11 Å². The Labute approximate surface area is 77.2 Å². The molecule has 0 unspecified atom stereocenters. The van der Waals surface area contributed by atoms with E-state index in [2.05, 4.69) is 18.8 Å². The number of aromatic amines is 1. The third kappa shape index (κ3) is 1.18. The van der Waals surface area contributed by atoms with Crippen LogP contribution in [-0.2, 0) is 0 Å². The van der Waals surface area contributed by atoms with Crippen molar-refractivity contribution in [3.05, 3.63) is 30.0 Å². The molecule has 0 aliphatic heterocycles. The molecule has 0 radical (unpaired) electrons. The molecule has 2 rings (SSSR count). The fraction of sp³-hybridized carbons (Fsp3) is 0.273. The summed E-state index contributed by atoms with van der Waals surface area (Å²) < 4.78 is 0. The standard InChI is InChI=1S/C11H13NO/c1-7(2)8-3-4-10-9(11(8)13)5-6-12-10/h3-7,12-13H,1-2H3. The van der Waals surface area contributed by atoms with E-state index in [1.807, 2.05) is 24.4 Å². The Balaban J connectivity index is 2.73. The van der Waals surface area contributed by atoms with Crippen LogP contribution >= 0.6 is 0 Å². The summed E-state index contributed by atoms with van der Waals surface area (Å²) in [5.41, 5.74) is 1.99. The van der Waals surface area contributed by atoms with E-state index in [1.165, 1.54) is 0 Å². The smallest absolute Gasteiger partial charge is 0.128 e. The summed E-state index contributed by atoms with van der Waals surface area (Å²) in [4.78, 5) is 3.07. The van der Waals surface area contributed by atoms with E-state index in [4.69, 9.17) is 0 Å². The summed E-state index contributed by atoms with van der Waals surface area (Å²) in [5.74, 6) is 0.771. The molecule has 2 nitrogen and oxygen atoms in total. The molecule has 13 heavy (non-hydrogen) atoms. The van der Waals surface area contributed by atoms with Crippen molar-refractivity contribution in [2.45, 2.75) is 19.8 Å². The second-order valence-corrected chi connectivity index (χ2v) is 3.60. The fourth-order valence-electron chi connectivity index (χ4n) is 1.60. The lowest BCUT2D eigenvalue weighted by atomic mass is 10.0. The number of aromatic hydroxyl groups is 1. The lowest BCUT2D eigenvalue weighted by Gasteiger charge is -2.08. The summed E-state index contributed by atoms with van der Waals surface area (Å²) in [5, 5.41) is 10.8. The molecule has 0 fully saturated rings. The van der Waals surface area contributed by atoms with Crippen molar-refractivity contribution in [2.75, 3.05) is 0 Å². The molecule has 1 aromatic carbocycles. The lowest BCUT2D eigenvalue weighted by Crippen LogP contribution is -1.87. The molecule has 0 bridgehead atoms. The molecule has 0 amide bonds. The number of fused-ring (bicyclic) bond motifs is 1. The van der Waals surface area contributed by atoms with Crippen LogP contribution in [0, 0.1) is 0 Å². The van der Waals surface area contributed by atoms with Crippen LogP contribution < -0.4 is 0 Å². The van der Waals surface area contributed by atoms with Gasteiger partial charge in [0.25, 0.3) is 0 Å². The highest BCUT2D eigenvalue weighted by molar-refractivity contribution is 5.86. The first-order valence-electron chi connectivity index (χ1n) is 4.49. The number of nitrogens with one attached hydrogen (secondary N) is 1. The average molecular weight is 175 g/mol. The van der Waals surface area contributed by atoms with E-state index in [0.717, 1.165) is 16.5 Å². The van der Waals surface area contributed by atoms with Gasteiger partial charge in [0.2, 0.25) is 0 Å². The van der Waals surface area contributed by atoms with Gasteiger partial charge in [-0.15, -0.1) is 0 Å². The Morgan fingerprint density at radius 3 is 2.69 bits per heavy atom. The number of hydrogen-bond acceptors (Lipinski definition) is 1. The van der Waals surface area contributed by atoms with Gasteiger partial charge in [0, 0.05) is 17.1 Å². The van der Waals surface area contributed by atoms with E-state index in [0.29, 0.717) is 11.7 Å². The molecule has 0 spiro atoms. The van der Waals surface area contributed by atoms with E-state index >= 15 is 0 Å². The molecular weight excluding hydrogens is 162 g/mol. The number of benzene rings is 1. The molecule has 2 N–H and O–H groups in total. The predicted molar refractivity (Wildman–Crippen MR) is 54.1 cm³/mol. The van der Waals surface area contributed by atoms with Gasteiger partial charge in [-0.2, -0.15) is 0 Å². The average Bonchev–Trinajstić information content (AvgIpc) is 2.52. The van der Waals surface area contributed by atoms with Crippen LogP contribution in [0.3, 0.4) is 0 Å². The van der Waals surface area contributed by atoms with Gasteiger partial charge in [0.1, 0.15) is 5.75 Å². The first-order chi connectivity index (χ1) is 6.20. The molecule has 0 aliphatic rings. The largest absolute Gasteiger partial charge is 0.507 e. The van der Waals surface area contributed by atoms with Crippen molar-refractivity contribution in [2.24, 2.45) is 0 Å². The van der Waals surface area contributed by atoms with Crippen molar-refractivity contribution in [1.82, 2.24) is 4.98 Å².